The number of nitrogens with zero attached hydrogens (tertiary/aromatic N) is 1. The Balaban J connectivity index is 2.71. The average Bonchev–Trinajstić information content (AvgIpc) is 2.24. The fourth-order valence-electron chi connectivity index (χ4n) is 1.44. The first kappa shape index (κ1) is 13.7. The zero-order chi connectivity index (χ0) is 12.9. The summed E-state index contributed by atoms with van der Waals surface area (Å²) in [7, 11) is 1.85. The predicted octanol–water partition coefficient (Wildman–Crippen LogP) is 3.82. The minimum absolute atomic E-state index is 0.182. The summed E-state index contributed by atoms with van der Waals surface area (Å²) in [5, 5.41) is 0. The highest BCUT2D eigenvalue weighted by Gasteiger charge is 2.31. The van der Waals surface area contributed by atoms with Gasteiger partial charge in [-0.25, -0.2) is 0 Å². The Morgan fingerprint density at radius 3 is 2.59 bits per heavy atom. The van der Waals surface area contributed by atoms with Crippen molar-refractivity contribution in [2.45, 2.75) is 26.1 Å². The van der Waals surface area contributed by atoms with Crippen molar-refractivity contribution in [3.05, 3.63) is 24.3 Å². The number of hydrogen-bond donors (Lipinski definition) is 0. The Labute approximate surface area is 99.0 Å². The van der Waals surface area contributed by atoms with Crippen LogP contribution < -0.4 is 9.64 Å². The molecule has 1 aromatic carbocycles. The van der Waals surface area contributed by atoms with Crippen LogP contribution in [-0.2, 0) is 0 Å². The lowest BCUT2D eigenvalue weighted by molar-refractivity contribution is -0.274. The summed E-state index contributed by atoms with van der Waals surface area (Å²) in [5.41, 5.74) is 0.722. The van der Waals surface area contributed by atoms with Crippen LogP contribution in [0.1, 0.15) is 19.8 Å². The molecule has 0 unspecified atom stereocenters. The van der Waals surface area contributed by atoms with Gasteiger partial charge in [0.05, 0.1) is 0 Å². The zero-order valence-electron chi connectivity index (χ0n) is 9.92. The molecule has 1 rings (SSSR count). The Bertz CT molecular complexity index is 352. The van der Waals surface area contributed by atoms with E-state index in [-0.39, 0.29) is 5.75 Å². The van der Waals surface area contributed by atoms with E-state index in [2.05, 4.69) is 11.7 Å². The van der Waals surface area contributed by atoms with Gasteiger partial charge < -0.3 is 9.64 Å². The largest absolute Gasteiger partial charge is 0.573 e. The standard InChI is InChI=1S/C12H16F3NO/c1-3-4-8-16(2)10-6-5-7-11(9-10)17-12(13,14)15/h5-7,9H,3-4,8H2,1-2H3. The van der Waals surface area contributed by atoms with E-state index in [0.717, 1.165) is 25.1 Å². The van der Waals surface area contributed by atoms with Crippen LogP contribution in [0, 0.1) is 0 Å². The maximum absolute atomic E-state index is 12.0. The molecule has 96 valence electrons. The Hall–Kier alpha value is -1.39. The summed E-state index contributed by atoms with van der Waals surface area (Å²) in [6, 6.07) is 6.01. The lowest BCUT2D eigenvalue weighted by Crippen LogP contribution is -2.19. The van der Waals surface area contributed by atoms with Gasteiger partial charge in [-0.15, -0.1) is 13.2 Å². The third-order valence-corrected chi connectivity index (χ3v) is 2.34. The fraction of sp³-hybridized carbons (Fsp3) is 0.500. The molecule has 0 aliphatic heterocycles. The van der Waals surface area contributed by atoms with Crippen molar-refractivity contribution in [1.29, 1.82) is 0 Å². The molecule has 0 aliphatic carbocycles. The molecule has 5 heteroatoms. The van der Waals surface area contributed by atoms with E-state index in [1.54, 1.807) is 12.1 Å². The van der Waals surface area contributed by atoms with Crippen molar-refractivity contribution >= 4 is 5.69 Å². The van der Waals surface area contributed by atoms with Crippen LogP contribution in [0.4, 0.5) is 18.9 Å². The van der Waals surface area contributed by atoms with Crippen molar-refractivity contribution in [3.63, 3.8) is 0 Å². The lowest BCUT2D eigenvalue weighted by atomic mass is 10.2. The number of ether oxygens (including phenoxy) is 1. The molecule has 2 nitrogen and oxygen atoms in total. The number of hydrogen-bond acceptors (Lipinski definition) is 2. The van der Waals surface area contributed by atoms with E-state index in [9.17, 15) is 13.2 Å². The molecule has 0 aromatic heterocycles. The van der Waals surface area contributed by atoms with E-state index in [1.165, 1.54) is 12.1 Å². The molecule has 0 aliphatic rings. The molecule has 0 saturated heterocycles. The summed E-state index contributed by atoms with van der Waals surface area (Å²) >= 11 is 0. The second-order valence-corrected chi connectivity index (χ2v) is 3.82. The topological polar surface area (TPSA) is 12.5 Å². The van der Waals surface area contributed by atoms with Gasteiger partial charge in [0.15, 0.2) is 0 Å². The molecule has 0 radical (unpaired) electrons. The third kappa shape index (κ3) is 4.97. The van der Waals surface area contributed by atoms with Crippen LogP contribution in [-0.4, -0.2) is 20.0 Å². The molecule has 0 N–H and O–H groups in total. The minimum atomic E-state index is -4.64. The lowest BCUT2D eigenvalue weighted by Gasteiger charge is -2.19. The molecule has 0 saturated carbocycles. The first-order valence-corrected chi connectivity index (χ1v) is 5.49. The summed E-state index contributed by atoms with van der Waals surface area (Å²) in [5.74, 6) is -0.182. The van der Waals surface area contributed by atoms with Crippen molar-refractivity contribution in [2.24, 2.45) is 0 Å². The number of unbranched alkanes of at least 4 members (excludes halogenated alkanes) is 1. The number of anilines is 1. The van der Waals surface area contributed by atoms with Gasteiger partial charge in [0.25, 0.3) is 0 Å². The second-order valence-electron chi connectivity index (χ2n) is 3.82. The highest BCUT2D eigenvalue weighted by Crippen LogP contribution is 2.26. The number of rotatable bonds is 5. The van der Waals surface area contributed by atoms with E-state index >= 15 is 0 Å². The average molecular weight is 247 g/mol. The maximum Gasteiger partial charge on any atom is 0.573 e. The maximum atomic E-state index is 12.0. The first-order chi connectivity index (χ1) is 7.92. The van der Waals surface area contributed by atoms with Crippen molar-refractivity contribution in [2.75, 3.05) is 18.5 Å². The van der Waals surface area contributed by atoms with Crippen LogP contribution >= 0.6 is 0 Å². The molecule has 0 spiro atoms. The molecule has 0 atom stereocenters. The summed E-state index contributed by atoms with van der Waals surface area (Å²) in [4.78, 5) is 1.91. The summed E-state index contributed by atoms with van der Waals surface area (Å²) in [6.45, 7) is 2.88. The Morgan fingerprint density at radius 1 is 1.29 bits per heavy atom. The molecule has 17 heavy (non-hydrogen) atoms. The van der Waals surface area contributed by atoms with E-state index < -0.39 is 6.36 Å². The highest BCUT2D eigenvalue weighted by molar-refractivity contribution is 5.50. The van der Waals surface area contributed by atoms with E-state index in [1.807, 2.05) is 11.9 Å². The zero-order valence-corrected chi connectivity index (χ0v) is 9.92. The van der Waals surface area contributed by atoms with Crippen molar-refractivity contribution in [1.82, 2.24) is 0 Å². The molecule has 0 fully saturated rings. The normalized spacial score (nSPS) is 11.4. The van der Waals surface area contributed by atoms with Crippen LogP contribution in [0.5, 0.6) is 5.75 Å². The quantitative estimate of drug-likeness (QED) is 0.784. The highest BCUT2D eigenvalue weighted by atomic mass is 19.4. The minimum Gasteiger partial charge on any atom is -0.406 e. The molecule has 0 heterocycles. The van der Waals surface area contributed by atoms with Gasteiger partial charge >= 0.3 is 6.36 Å². The second kappa shape index (κ2) is 5.80. The number of alkyl halides is 3. The SMILES string of the molecule is CCCCN(C)c1cccc(OC(F)(F)F)c1. The van der Waals surface area contributed by atoms with Gasteiger partial charge in [0.2, 0.25) is 0 Å². The summed E-state index contributed by atoms with van der Waals surface area (Å²) in [6.07, 6.45) is -2.59. The Kier molecular flexibility index (Phi) is 4.66. The summed E-state index contributed by atoms with van der Waals surface area (Å²) < 4.78 is 40.0. The van der Waals surface area contributed by atoms with Crippen molar-refractivity contribution < 1.29 is 17.9 Å². The molecule has 0 bridgehead atoms. The number of halogens is 3. The van der Waals surface area contributed by atoms with Crippen molar-refractivity contribution in [3.8, 4) is 5.75 Å². The molecule has 1 aromatic rings. The molecular weight excluding hydrogens is 231 g/mol. The van der Waals surface area contributed by atoms with E-state index in [4.69, 9.17) is 0 Å². The van der Waals surface area contributed by atoms with Crippen LogP contribution in [0.15, 0.2) is 24.3 Å². The van der Waals surface area contributed by atoms with Crippen LogP contribution in [0.3, 0.4) is 0 Å². The first-order valence-electron chi connectivity index (χ1n) is 5.49. The van der Waals surface area contributed by atoms with Crippen LogP contribution in [0.25, 0.3) is 0 Å². The third-order valence-electron chi connectivity index (χ3n) is 2.34. The van der Waals surface area contributed by atoms with Gasteiger partial charge in [-0.1, -0.05) is 19.4 Å². The van der Waals surface area contributed by atoms with Gasteiger partial charge in [0, 0.05) is 25.3 Å². The Morgan fingerprint density at radius 2 is 2.00 bits per heavy atom. The predicted molar refractivity (Wildman–Crippen MR) is 61.3 cm³/mol. The smallest absolute Gasteiger partial charge is 0.406 e. The van der Waals surface area contributed by atoms with Crippen LogP contribution in [0.2, 0.25) is 0 Å². The van der Waals surface area contributed by atoms with Gasteiger partial charge in [-0.3, -0.25) is 0 Å². The van der Waals surface area contributed by atoms with Gasteiger partial charge in [-0.05, 0) is 18.6 Å². The van der Waals surface area contributed by atoms with Gasteiger partial charge in [0.1, 0.15) is 5.75 Å². The van der Waals surface area contributed by atoms with E-state index in [0.29, 0.717) is 0 Å². The number of benzene rings is 1. The monoisotopic (exact) mass is 247 g/mol. The molecular formula is C12H16F3NO. The molecule has 0 amide bonds. The van der Waals surface area contributed by atoms with Gasteiger partial charge in [-0.2, -0.15) is 0 Å². The fourth-order valence-corrected chi connectivity index (χ4v) is 1.44.